The second-order valence-corrected chi connectivity index (χ2v) is 9.19. The minimum atomic E-state index is -4.39. The van der Waals surface area contributed by atoms with E-state index in [2.05, 4.69) is 20.3 Å². The lowest BCUT2D eigenvalue weighted by atomic mass is 10.2. The first-order valence-corrected chi connectivity index (χ1v) is 11.1. The summed E-state index contributed by atoms with van der Waals surface area (Å²) in [7, 11) is -3.14. The maximum absolute atomic E-state index is 11.4. The Kier molecular flexibility index (Phi) is 5.64. The van der Waals surface area contributed by atoms with E-state index in [1.807, 2.05) is 28.8 Å². The van der Waals surface area contributed by atoms with Crippen molar-refractivity contribution in [2.45, 2.75) is 37.6 Å². The summed E-state index contributed by atoms with van der Waals surface area (Å²) in [6, 6.07) is 6.50. The number of fused-ring (bicyclic) bond motifs is 1. The van der Waals surface area contributed by atoms with E-state index in [-0.39, 0.29) is 6.04 Å². The van der Waals surface area contributed by atoms with Crippen molar-refractivity contribution in [2.24, 2.45) is 0 Å². The lowest BCUT2D eigenvalue weighted by molar-refractivity contribution is 0.117. The van der Waals surface area contributed by atoms with Crippen molar-refractivity contribution < 1.29 is 18.1 Å². The molecule has 0 unspecified atom stereocenters. The molecule has 3 aromatic rings. The number of imidazole rings is 1. The highest BCUT2D eigenvalue weighted by Gasteiger charge is 2.40. The summed E-state index contributed by atoms with van der Waals surface area (Å²) in [6.45, 7) is 0.527. The molecule has 1 aliphatic rings. The van der Waals surface area contributed by atoms with Crippen molar-refractivity contribution in [2.75, 3.05) is 12.4 Å². The number of aliphatic hydroxyl groups excluding tert-OH is 1. The van der Waals surface area contributed by atoms with Gasteiger partial charge in [-0.2, -0.15) is 12.7 Å². The molecule has 0 saturated heterocycles. The van der Waals surface area contributed by atoms with Gasteiger partial charge in [-0.05, 0) is 30.5 Å². The van der Waals surface area contributed by atoms with Crippen LogP contribution in [-0.2, 0) is 16.8 Å². The summed E-state index contributed by atoms with van der Waals surface area (Å²) in [6.07, 6.45) is 2.76. The normalized spacial score (nSPS) is 22.1. The molecule has 10 nitrogen and oxygen atoms in total. The standard InChI is InChI=1S/C18H21ClN6O4S/c1-24(30(27,28)29)14-6-13(7-15(14)26)25-10-23-16-17(21-9-22-18(16)25)20-8-11-2-4-12(19)5-3-11/h2-5,9-10,13-15,26H,6-8H2,1H3,(H,20,21,22)(H,27,28,29)/t13-,14+,15+/m1/s1. The molecule has 0 radical (unpaired) electrons. The van der Waals surface area contributed by atoms with E-state index in [0.717, 1.165) is 9.87 Å². The molecule has 2 heterocycles. The molecule has 1 saturated carbocycles. The van der Waals surface area contributed by atoms with Crippen molar-refractivity contribution in [3.05, 3.63) is 47.5 Å². The van der Waals surface area contributed by atoms with Gasteiger partial charge in [-0.3, -0.25) is 4.55 Å². The quantitative estimate of drug-likeness (QED) is 0.483. The average molecular weight is 453 g/mol. The Morgan fingerprint density at radius 2 is 1.97 bits per heavy atom. The number of aliphatic hydroxyl groups is 1. The Hall–Kier alpha value is -2.31. The van der Waals surface area contributed by atoms with Gasteiger partial charge >= 0.3 is 10.3 Å². The number of nitrogens with one attached hydrogen (secondary N) is 1. The summed E-state index contributed by atoms with van der Waals surface area (Å²) in [5.74, 6) is 0.568. The third-order valence-corrected chi connectivity index (χ3v) is 6.68. The van der Waals surface area contributed by atoms with Crippen LogP contribution >= 0.6 is 11.6 Å². The molecule has 1 aliphatic carbocycles. The average Bonchev–Trinajstić information content (AvgIpc) is 3.30. The molecule has 4 rings (SSSR count). The topological polar surface area (TPSA) is 133 Å². The smallest absolute Gasteiger partial charge is 0.335 e. The summed E-state index contributed by atoms with van der Waals surface area (Å²) < 4.78 is 34.8. The molecule has 160 valence electrons. The zero-order valence-electron chi connectivity index (χ0n) is 16.1. The molecule has 3 atom stereocenters. The highest BCUT2D eigenvalue weighted by atomic mass is 35.5. The maximum atomic E-state index is 11.4. The zero-order chi connectivity index (χ0) is 21.5. The molecule has 0 bridgehead atoms. The number of benzene rings is 1. The molecule has 3 N–H and O–H groups in total. The van der Waals surface area contributed by atoms with Crippen LogP contribution in [0.1, 0.15) is 24.4 Å². The van der Waals surface area contributed by atoms with E-state index in [4.69, 9.17) is 11.6 Å². The van der Waals surface area contributed by atoms with E-state index in [1.165, 1.54) is 13.4 Å². The van der Waals surface area contributed by atoms with Crippen molar-refractivity contribution in [3.8, 4) is 0 Å². The number of rotatable bonds is 6. The van der Waals surface area contributed by atoms with Gasteiger partial charge in [-0.15, -0.1) is 0 Å². The number of hydrogen-bond donors (Lipinski definition) is 3. The first kappa shape index (κ1) is 20.9. The van der Waals surface area contributed by atoms with E-state index in [1.54, 1.807) is 6.33 Å². The SMILES string of the molecule is CN([C@H]1C[C@@H](n2cnc3c(NCc4ccc(Cl)cc4)ncnc32)C[C@@H]1O)S(=O)(=O)O. The van der Waals surface area contributed by atoms with Crippen LogP contribution in [0, 0.1) is 0 Å². The van der Waals surface area contributed by atoms with Crippen molar-refractivity contribution in [1.82, 2.24) is 23.8 Å². The van der Waals surface area contributed by atoms with Crippen LogP contribution in [-0.4, -0.2) is 61.1 Å². The molecule has 0 amide bonds. The summed E-state index contributed by atoms with van der Waals surface area (Å²) >= 11 is 5.91. The molecule has 2 aromatic heterocycles. The molecule has 0 spiro atoms. The van der Waals surface area contributed by atoms with Gasteiger partial charge in [0.05, 0.1) is 18.5 Å². The highest BCUT2D eigenvalue weighted by Crippen LogP contribution is 2.35. The summed E-state index contributed by atoms with van der Waals surface area (Å²) in [5, 5.41) is 14.3. The number of likely N-dealkylation sites (N-methyl/N-ethyl adjacent to an activating group) is 1. The molecule has 0 aliphatic heterocycles. The van der Waals surface area contributed by atoms with Crippen molar-refractivity contribution in [1.29, 1.82) is 0 Å². The fraction of sp³-hybridized carbons (Fsp3) is 0.389. The van der Waals surface area contributed by atoms with Gasteiger partial charge in [-0.1, -0.05) is 23.7 Å². The zero-order valence-corrected chi connectivity index (χ0v) is 17.6. The Labute approximate surface area is 178 Å². The van der Waals surface area contributed by atoms with Crippen LogP contribution < -0.4 is 5.32 Å². The maximum Gasteiger partial charge on any atom is 0.335 e. The van der Waals surface area contributed by atoms with Gasteiger partial charge < -0.3 is 15.0 Å². The molecule has 1 aromatic carbocycles. The Bertz CT molecular complexity index is 1150. The van der Waals surface area contributed by atoms with Crippen LogP contribution in [0.15, 0.2) is 36.9 Å². The van der Waals surface area contributed by atoms with Gasteiger partial charge in [0.1, 0.15) is 11.8 Å². The minimum Gasteiger partial charge on any atom is -0.391 e. The van der Waals surface area contributed by atoms with Crippen LogP contribution in [0.25, 0.3) is 11.2 Å². The van der Waals surface area contributed by atoms with Gasteiger partial charge in [-0.25, -0.2) is 15.0 Å². The van der Waals surface area contributed by atoms with E-state index < -0.39 is 22.4 Å². The third-order valence-electron chi connectivity index (χ3n) is 5.43. The van der Waals surface area contributed by atoms with Gasteiger partial charge in [0, 0.05) is 24.7 Å². The number of anilines is 1. The first-order chi connectivity index (χ1) is 14.2. The first-order valence-electron chi connectivity index (χ1n) is 9.28. The lowest BCUT2D eigenvalue weighted by Crippen LogP contribution is -2.41. The van der Waals surface area contributed by atoms with Crippen LogP contribution in [0.4, 0.5) is 5.82 Å². The summed E-state index contributed by atoms with van der Waals surface area (Å²) in [4.78, 5) is 13.0. The Morgan fingerprint density at radius 1 is 1.23 bits per heavy atom. The van der Waals surface area contributed by atoms with Gasteiger partial charge in [0.2, 0.25) is 0 Å². The van der Waals surface area contributed by atoms with E-state index >= 15 is 0 Å². The lowest BCUT2D eigenvalue weighted by Gasteiger charge is -2.23. The molecule has 12 heteroatoms. The Balaban J connectivity index is 1.55. The number of aromatic nitrogens is 4. The van der Waals surface area contributed by atoms with Crippen LogP contribution in [0.5, 0.6) is 0 Å². The second-order valence-electron chi connectivity index (χ2n) is 7.28. The Morgan fingerprint density at radius 3 is 2.67 bits per heavy atom. The second kappa shape index (κ2) is 8.08. The molecule has 1 fully saturated rings. The molecular weight excluding hydrogens is 432 g/mol. The fourth-order valence-corrected chi connectivity index (χ4v) is 4.49. The number of nitrogens with zero attached hydrogens (tertiary/aromatic N) is 5. The van der Waals surface area contributed by atoms with Crippen molar-refractivity contribution >= 4 is 38.9 Å². The van der Waals surface area contributed by atoms with Gasteiger partial charge in [0.25, 0.3) is 0 Å². The van der Waals surface area contributed by atoms with Gasteiger partial charge in [0.15, 0.2) is 11.5 Å². The van der Waals surface area contributed by atoms with Crippen LogP contribution in [0.2, 0.25) is 5.02 Å². The van der Waals surface area contributed by atoms with Crippen LogP contribution in [0.3, 0.4) is 0 Å². The van der Waals surface area contributed by atoms with Crippen molar-refractivity contribution in [3.63, 3.8) is 0 Å². The van der Waals surface area contributed by atoms with E-state index in [0.29, 0.717) is 41.4 Å². The minimum absolute atomic E-state index is 0.224. The number of hydrogen-bond acceptors (Lipinski definition) is 7. The molecular formula is C18H21ClN6O4S. The largest absolute Gasteiger partial charge is 0.391 e. The third kappa shape index (κ3) is 4.12. The highest BCUT2D eigenvalue weighted by molar-refractivity contribution is 7.83. The molecule has 30 heavy (non-hydrogen) atoms. The summed E-state index contributed by atoms with van der Waals surface area (Å²) in [5.41, 5.74) is 2.18. The number of halogens is 1. The van der Waals surface area contributed by atoms with E-state index in [9.17, 15) is 18.1 Å². The predicted molar refractivity (Wildman–Crippen MR) is 111 cm³/mol. The monoisotopic (exact) mass is 452 g/mol. The predicted octanol–water partition coefficient (Wildman–Crippen LogP) is 1.89. The fourth-order valence-electron chi connectivity index (χ4n) is 3.79.